The summed E-state index contributed by atoms with van der Waals surface area (Å²) < 4.78 is 50.3. The quantitative estimate of drug-likeness (QED) is 0.530. The molecule has 1 nitrogen and oxygen atoms in total. The molecule has 0 saturated heterocycles. The minimum Gasteiger partial charge on any atom is -0.303 e. The van der Waals surface area contributed by atoms with Crippen LogP contribution in [0, 0.1) is 5.92 Å². The van der Waals surface area contributed by atoms with Gasteiger partial charge in [0.2, 0.25) is 5.67 Å². The molecule has 0 heterocycles. The molecule has 0 aromatic rings. The fourth-order valence-electron chi connectivity index (χ4n) is 1.12. The molecule has 0 aromatic heterocycles. The standard InChI is InChI=1S/C8H5BrF4O/c9-6-2-1-3-7(10,5(6)4-14)8(11,12)13/h1-5H. The van der Waals surface area contributed by atoms with Gasteiger partial charge in [-0.15, -0.1) is 0 Å². The van der Waals surface area contributed by atoms with E-state index in [4.69, 9.17) is 0 Å². The number of rotatable bonds is 1. The second kappa shape index (κ2) is 3.49. The number of hydrogen-bond donors (Lipinski definition) is 0. The lowest BCUT2D eigenvalue weighted by Gasteiger charge is -2.31. The van der Waals surface area contributed by atoms with E-state index >= 15 is 0 Å². The smallest absolute Gasteiger partial charge is 0.303 e. The maximum Gasteiger partial charge on any atom is 0.427 e. The Balaban J connectivity index is 3.17. The zero-order valence-corrected chi connectivity index (χ0v) is 8.27. The average molecular weight is 273 g/mol. The van der Waals surface area contributed by atoms with Crippen LogP contribution >= 0.6 is 15.9 Å². The van der Waals surface area contributed by atoms with Crippen LogP contribution in [0.1, 0.15) is 0 Å². The Hall–Kier alpha value is -0.650. The molecule has 0 aromatic carbocycles. The molecule has 78 valence electrons. The number of halogens is 5. The molecule has 0 amide bonds. The maximum atomic E-state index is 13.5. The van der Waals surface area contributed by atoms with Crippen molar-refractivity contribution in [3.8, 4) is 0 Å². The summed E-state index contributed by atoms with van der Waals surface area (Å²) in [5.41, 5.74) is -3.61. The molecule has 0 fully saturated rings. The van der Waals surface area contributed by atoms with Crippen LogP contribution in [0.2, 0.25) is 0 Å². The van der Waals surface area contributed by atoms with Gasteiger partial charge in [0.25, 0.3) is 0 Å². The van der Waals surface area contributed by atoms with Crippen molar-refractivity contribution in [2.75, 3.05) is 0 Å². The van der Waals surface area contributed by atoms with E-state index in [1.165, 1.54) is 6.08 Å². The number of carbonyl (C=O) groups is 1. The van der Waals surface area contributed by atoms with Crippen LogP contribution < -0.4 is 0 Å². The normalized spacial score (nSPS) is 32.6. The minimum atomic E-state index is -5.09. The Morgan fingerprint density at radius 3 is 2.43 bits per heavy atom. The molecule has 0 spiro atoms. The van der Waals surface area contributed by atoms with Crippen molar-refractivity contribution in [3.05, 3.63) is 22.7 Å². The number of hydrogen-bond acceptors (Lipinski definition) is 1. The zero-order valence-electron chi connectivity index (χ0n) is 6.68. The molecule has 0 bridgehead atoms. The summed E-state index contributed by atoms with van der Waals surface area (Å²) in [7, 11) is 0. The summed E-state index contributed by atoms with van der Waals surface area (Å²) in [6.45, 7) is 0. The summed E-state index contributed by atoms with van der Waals surface area (Å²) in [4.78, 5) is 10.4. The van der Waals surface area contributed by atoms with Crippen molar-refractivity contribution in [2.45, 2.75) is 11.8 Å². The maximum absolute atomic E-state index is 13.5. The van der Waals surface area contributed by atoms with Crippen molar-refractivity contribution in [2.24, 2.45) is 5.92 Å². The van der Waals surface area contributed by atoms with E-state index < -0.39 is 17.8 Å². The first-order valence-corrected chi connectivity index (χ1v) is 4.38. The first kappa shape index (κ1) is 11.4. The highest BCUT2D eigenvalue weighted by atomic mass is 79.9. The van der Waals surface area contributed by atoms with E-state index in [1.54, 1.807) is 0 Å². The zero-order chi connectivity index (χ0) is 11.0. The van der Waals surface area contributed by atoms with Crippen LogP contribution in [0.5, 0.6) is 0 Å². The minimum absolute atomic E-state index is 0.0580. The Kier molecular flexibility index (Phi) is 2.85. The van der Waals surface area contributed by atoms with Crippen LogP contribution in [0.3, 0.4) is 0 Å². The van der Waals surface area contributed by atoms with Crippen LogP contribution in [0.4, 0.5) is 17.6 Å². The molecule has 0 N–H and O–H groups in total. The lowest BCUT2D eigenvalue weighted by Crippen LogP contribution is -2.47. The van der Waals surface area contributed by atoms with Crippen LogP contribution in [0.15, 0.2) is 22.7 Å². The highest BCUT2D eigenvalue weighted by molar-refractivity contribution is 9.11. The van der Waals surface area contributed by atoms with Gasteiger partial charge in [0.15, 0.2) is 0 Å². The van der Waals surface area contributed by atoms with E-state index in [0.717, 1.165) is 6.08 Å². The molecule has 0 saturated carbocycles. The number of carbonyl (C=O) groups excluding carboxylic acids is 1. The molecule has 1 rings (SSSR count). The number of alkyl halides is 4. The Morgan fingerprint density at radius 2 is 2.07 bits per heavy atom. The number of aldehydes is 1. The molecule has 14 heavy (non-hydrogen) atoms. The Labute approximate surface area is 85.6 Å². The summed E-state index contributed by atoms with van der Waals surface area (Å²) in [6, 6.07) is 0. The number of allylic oxidation sites excluding steroid dienone is 4. The van der Waals surface area contributed by atoms with Gasteiger partial charge in [0.1, 0.15) is 6.29 Å². The monoisotopic (exact) mass is 272 g/mol. The van der Waals surface area contributed by atoms with Crippen LogP contribution in [-0.4, -0.2) is 18.1 Å². The second-order valence-electron chi connectivity index (χ2n) is 2.79. The average Bonchev–Trinajstić information content (AvgIpc) is 2.02. The molecule has 1 aliphatic carbocycles. The molecule has 6 heteroatoms. The topological polar surface area (TPSA) is 17.1 Å². The van der Waals surface area contributed by atoms with Crippen molar-refractivity contribution in [3.63, 3.8) is 0 Å². The van der Waals surface area contributed by atoms with Gasteiger partial charge in [-0.2, -0.15) is 13.2 Å². The van der Waals surface area contributed by atoms with Gasteiger partial charge < -0.3 is 4.79 Å². The van der Waals surface area contributed by atoms with Gasteiger partial charge in [-0.3, -0.25) is 0 Å². The predicted molar refractivity (Wildman–Crippen MR) is 45.6 cm³/mol. The van der Waals surface area contributed by atoms with Gasteiger partial charge in [-0.1, -0.05) is 28.1 Å². The highest BCUT2D eigenvalue weighted by Crippen LogP contribution is 2.46. The molecular formula is C8H5BrF4O. The Bertz CT molecular complexity index is 307. The van der Waals surface area contributed by atoms with Crippen molar-refractivity contribution in [1.29, 1.82) is 0 Å². The summed E-state index contributed by atoms with van der Waals surface area (Å²) in [5, 5.41) is 0. The summed E-state index contributed by atoms with van der Waals surface area (Å²) in [5.74, 6) is -1.85. The molecule has 2 unspecified atom stereocenters. The largest absolute Gasteiger partial charge is 0.427 e. The SMILES string of the molecule is O=CC1C(Br)=CC=CC1(F)C(F)(F)F. The van der Waals surface area contributed by atoms with E-state index in [9.17, 15) is 22.4 Å². The van der Waals surface area contributed by atoms with Gasteiger partial charge in [-0.25, -0.2) is 4.39 Å². The molecule has 1 aliphatic rings. The molecule has 2 atom stereocenters. The predicted octanol–water partition coefficient (Wildman–Crippen LogP) is 2.92. The third-order valence-corrected chi connectivity index (χ3v) is 2.67. The highest BCUT2D eigenvalue weighted by Gasteiger charge is 2.60. The third kappa shape index (κ3) is 1.63. The van der Waals surface area contributed by atoms with E-state index in [2.05, 4.69) is 15.9 Å². The molecular weight excluding hydrogens is 268 g/mol. The van der Waals surface area contributed by atoms with Gasteiger partial charge in [0, 0.05) is 4.48 Å². The van der Waals surface area contributed by atoms with Crippen LogP contribution in [0.25, 0.3) is 0 Å². The van der Waals surface area contributed by atoms with Crippen LogP contribution in [-0.2, 0) is 4.79 Å². The van der Waals surface area contributed by atoms with Crippen molar-refractivity contribution in [1.82, 2.24) is 0 Å². The molecule has 0 aliphatic heterocycles. The van der Waals surface area contributed by atoms with E-state index in [-0.39, 0.29) is 10.8 Å². The third-order valence-electron chi connectivity index (χ3n) is 1.91. The fourth-order valence-corrected chi connectivity index (χ4v) is 1.72. The van der Waals surface area contributed by atoms with Gasteiger partial charge >= 0.3 is 6.18 Å². The van der Waals surface area contributed by atoms with E-state index in [0.29, 0.717) is 6.08 Å². The summed E-state index contributed by atoms with van der Waals surface area (Å²) >= 11 is 2.72. The Morgan fingerprint density at radius 1 is 1.50 bits per heavy atom. The van der Waals surface area contributed by atoms with Gasteiger partial charge in [-0.05, 0) is 6.08 Å². The summed E-state index contributed by atoms with van der Waals surface area (Å²) in [6.07, 6.45) is -2.67. The lowest BCUT2D eigenvalue weighted by atomic mass is 9.86. The van der Waals surface area contributed by atoms with Gasteiger partial charge in [0.05, 0.1) is 5.92 Å². The first-order valence-electron chi connectivity index (χ1n) is 3.59. The first-order chi connectivity index (χ1) is 6.33. The van der Waals surface area contributed by atoms with E-state index in [1.807, 2.05) is 0 Å². The lowest BCUT2D eigenvalue weighted by molar-refractivity contribution is -0.222. The fraction of sp³-hybridized carbons (Fsp3) is 0.375. The van der Waals surface area contributed by atoms with Crippen molar-refractivity contribution < 1.29 is 22.4 Å². The molecule has 0 radical (unpaired) electrons. The second-order valence-corrected chi connectivity index (χ2v) is 3.71. The van der Waals surface area contributed by atoms with Crippen molar-refractivity contribution >= 4 is 22.2 Å².